The van der Waals surface area contributed by atoms with Crippen molar-refractivity contribution in [1.29, 1.82) is 0 Å². The van der Waals surface area contributed by atoms with Gasteiger partial charge in [0.2, 0.25) is 0 Å². The van der Waals surface area contributed by atoms with Gasteiger partial charge < -0.3 is 5.73 Å². The molecule has 2 nitrogen and oxygen atoms in total. The normalized spacial score (nSPS) is 13.1. The molecule has 0 aromatic heterocycles. The first-order valence-electron chi connectivity index (χ1n) is 2.23. The van der Waals surface area contributed by atoms with Crippen molar-refractivity contribution in [2.45, 2.75) is 6.92 Å². The lowest BCUT2D eigenvalue weighted by molar-refractivity contribution is -0.413. The van der Waals surface area contributed by atoms with Crippen molar-refractivity contribution in [1.82, 2.24) is 0 Å². The number of nitrogens with two attached hydrogens (primary N) is 1. The van der Waals surface area contributed by atoms with Crippen molar-refractivity contribution >= 4 is 6.21 Å². The second-order valence-corrected chi connectivity index (χ2v) is 1.22. The smallest absolute Gasteiger partial charge is 0.184 e. The number of hydrogen-bond donors (Lipinski definition) is 2. The van der Waals surface area contributed by atoms with E-state index in [9.17, 15) is 0 Å². The Kier molecular flexibility index (Phi) is 3.02. The van der Waals surface area contributed by atoms with E-state index >= 15 is 0 Å². The van der Waals surface area contributed by atoms with Crippen molar-refractivity contribution in [3.05, 3.63) is 11.8 Å². The van der Waals surface area contributed by atoms with E-state index in [1.54, 1.807) is 6.21 Å². The second kappa shape index (κ2) is 3.40. The summed E-state index contributed by atoms with van der Waals surface area (Å²) in [5.41, 5.74) is 6.09. The highest BCUT2D eigenvalue weighted by molar-refractivity contribution is 5.71. The first-order valence-corrected chi connectivity index (χ1v) is 2.23. The van der Waals surface area contributed by atoms with Crippen molar-refractivity contribution in [3.8, 4) is 0 Å². The van der Waals surface area contributed by atoms with Crippen LogP contribution in [0.15, 0.2) is 11.8 Å². The maximum Gasteiger partial charge on any atom is 0.184 e. The van der Waals surface area contributed by atoms with Crippen LogP contribution in [-0.2, 0) is 0 Å². The van der Waals surface area contributed by atoms with Gasteiger partial charge in [0.05, 0.1) is 5.70 Å². The molecular weight excluding hydrogens is 88.1 g/mol. The number of rotatable bonds is 1. The number of nitrogens with one attached hydrogen (secondary N) is 1. The Balaban J connectivity index is 3.58. The molecule has 0 bridgehead atoms. The molecule has 3 N–H and O–H groups in total. The minimum absolute atomic E-state index is 0.766. The molecule has 0 aliphatic carbocycles. The minimum atomic E-state index is 0.766. The Labute approximate surface area is 43.7 Å². The summed E-state index contributed by atoms with van der Waals surface area (Å²) in [6, 6.07) is 0. The molecule has 0 radical (unpaired) electrons. The molecule has 0 aromatic carbocycles. The summed E-state index contributed by atoms with van der Waals surface area (Å²) >= 11 is 0. The van der Waals surface area contributed by atoms with Crippen molar-refractivity contribution in [2.24, 2.45) is 5.73 Å². The van der Waals surface area contributed by atoms with Crippen LogP contribution in [-0.4, -0.2) is 13.3 Å². The first kappa shape index (κ1) is 6.21. The molecule has 0 amide bonds. The van der Waals surface area contributed by atoms with E-state index in [1.807, 2.05) is 20.0 Å². The molecule has 0 saturated heterocycles. The van der Waals surface area contributed by atoms with E-state index in [0.717, 1.165) is 5.70 Å². The van der Waals surface area contributed by atoms with Gasteiger partial charge in [-0.1, -0.05) is 6.08 Å². The predicted molar refractivity (Wildman–Crippen MR) is 30.9 cm³/mol. The summed E-state index contributed by atoms with van der Waals surface area (Å²) in [7, 11) is 1.82. The van der Waals surface area contributed by atoms with Gasteiger partial charge >= 0.3 is 0 Å². The van der Waals surface area contributed by atoms with Crippen LogP contribution >= 0.6 is 0 Å². The fourth-order valence-electron chi connectivity index (χ4n) is 0.250. The summed E-state index contributed by atoms with van der Waals surface area (Å²) in [6.45, 7) is 1.89. The van der Waals surface area contributed by atoms with Crippen LogP contribution in [0.5, 0.6) is 0 Å². The fourth-order valence-corrected chi connectivity index (χ4v) is 0.250. The van der Waals surface area contributed by atoms with E-state index in [-0.39, 0.29) is 0 Å². The van der Waals surface area contributed by atoms with Crippen LogP contribution in [0.2, 0.25) is 0 Å². The zero-order chi connectivity index (χ0) is 5.70. The molecular formula is C5H11N2+. The van der Waals surface area contributed by atoms with Gasteiger partial charge in [0.25, 0.3) is 0 Å². The van der Waals surface area contributed by atoms with Gasteiger partial charge in [-0.15, -0.1) is 0 Å². The lowest BCUT2D eigenvalue weighted by atomic mass is 10.5. The molecule has 0 rings (SSSR count). The molecule has 0 spiro atoms. The molecule has 0 fully saturated rings. The van der Waals surface area contributed by atoms with E-state index in [2.05, 4.69) is 4.99 Å². The van der Waals surface area contributed by atoms with Gasteiger partial charge in [0.15, 0.2) is 6.21 Å². The van der Waals surface area contributed by atoms with E-state index in [4.69, 9.17) is 5.73 Å². The minimum Gasteiger partial charge on any atom is -0.394 e. The van der Waals surface area contributed by atoms with E-state index < -0.39 is 0 Å². The summed E-state index contributed by atoms with van der Waals surface area (Å²) < 4.78 is 0. The summed E-state index contributed by atoms with van der Waals surface area (Å²) in [5, 5.41) is 0. The van der Waals surface area contributed by atoms with Crippen LogP contribution < -0.4 is 10.7 Å². The zero-order valence-corrected chi connectivity index (χ0v) is 4.73. The van der Waals surface area contributed by atoms with Gasteiger partial charge in [-0.25, -0.2) is 4.99 Å². The molecule has 40 valence electrons. The van der Waals surface area contributed by atoms with E-state index in [0.29, 0.717) is 0 Å². The third kappa shape index (κ3) is 3.03. The highest BCUT2D eigenvalue weighted by atomic mass is 14.7. The lowest BCUT2D eigenvalue weighted by Crippen LogP contribution is -2.63. The van der Waals surface area contributed by atoms with Crippen molar-refractivity contribution in [3.63, 3.8) is 0 Å². The van der Waals surface area contributed by atoms with Crippen LogP contribution in [0.3, 0.4) is 0 Å². The number of hydrogen-bond acceptors (Lipinski definition) is 1. The highest BCUT2D eigenvalue weighted by Crippen LogP contribution is 1.67. The van der Waals surface area contributed by atoms with Crippen LogP contribution in [0.4, 0.5) is 0 Å². The predicted octanol–water partition coefficient (Wildman–Crippen LogP) is -1.37. The average molecular weight is 99.2 g/mol. The summed E-state index contributed by atoms with van der Waals surface area (Å²) in [6.07, 6.45) is 3.57. The third-order valence-corrected chi connectivity index (χ3v) is 0.644. The molecule has 0 aliphatic rings. The molecule has 0 heterocycles. The number of allylic oxidation sites excluding steroid dienone is 2. The summed E-state index contributed by atoms with van der Waals surface area (Å²) in [4.78, 5) is 2.80. The van der Waals surface area contributed by atoms with Gasteiger partial charge in [-0.2, -0.15) is 0 Å². The van der Waals surface area contributed by atoms with Crippen molar-refractivity contribution in [2.75, 3.05) is 7.05 Å². The molecule has 0 atom stereocenters. The Hall–Kier alpha value is -0.790. The molecule has 0 unspecified atom stereocenters. The average Bonchev–Trinajstić information content (AvgIpc) is 1.68. The summed E-state index contributed by atoms with van der Waals surface area (Å²) in [5.74, 6) is 0. The molecule has 7 heavy (non-hydrogen) atoms. The van der Waals surface area contributed by atoms with Gasteiger partial charge in [-0.05, 0) is 6.92 Å². The maximum atomic E-state index is 5.33. The Morgan fingerprint density at radius 2 is 2.29 bits per heavy atom. The van der Waals surface area contributed by atoms with Gasteiger partial charge in [0.1, 0.15) is 7.05 Å². The standard InChI is InChI=1S/C5H10N2/c1-3-5(6)4-7-2/h3-4H,6H2,1-2H3/p+1. The van der Waals surface area contributed by atoms with E-state index in [1.165, 1.54) is 0 Å². The van der Waals surface area contributed by atoms with Crippen LogP contribution in [0.1, 0.15) is 6.92 Å². The Morgan fingerprint density at radius 1 is 1.71 bits per heavy atom. The maximum absolute atomic E-state index is 5.33. The molecule has 2 heteroatoms. The SMILES string of the molecule is CC=C(N)C=[NH+]C. The highest BCUT2D eigenvalue weighted by Gasteiger charge is 1.77. The first-order chi connectivity index (χ1) is 3.31. The molecule has 0 aliphatic heterocycles. The van der Waals surface area contributed by atoms with Gasteiger partial charge in [0, 0.05) is 0 Å². The topological polar surface area (TPSA) is 40.0 Å². The molecule has 0 saturated carbocycles. The van der Waals surface area contributed by atoms with Gasteiger partial charge in [-0.3, -0.25) is 0 Å². The Bertz CT molecular complexity index is 92.3. The van der Waals surface area contributed by atoms with Crippen LogP contribution in [0.25, 0.3) is 0 Å². The lowest BCUT2D eigenvalue weighted by Gasteiger charge is -1.77. The monoisotopic (exact) mass is 99.1 g/mol. The second-order valence-electron chi connectivity index (χ2n) is 1.22. The Morgan fingerprint density at radius 3 is 2.43 bits per heavy atom. The largest absolute Gasteiger partial charge is 0.394 e. The molecule has 0 aromatic rings. The third-order valence-electron chi connectivity index (χ3n) is 0.644. The van der Waals surface area contributed by atoms with Crippen LogP contribution in [0, 0.1) is 0 Å². The quantitative estimate of drug-likeness (QED) is 0.391. The zero-order valence-electron chi connectivity index (χ0n) is 4.73. The fraction of sp³-hybridized carbons (Fsp3) is 0.400. The van der Waals surface area contributed by atoms with Crippen molar-refractivity contribution < 1.29 is 4.99 Å².